The molecule has 1 amide bonds. The first-order chi connectivity index (χ1) is 33.0. The van der Waals surface area contributed by atoms with Crippen LogP contribution in [0.3, 0.4) is 0 Å². The third-order valence-electron chi connectivity index (χ3n) is 14.3. The Kier molecular flexibility index (Phi) is 56.0. The van der Waals surface area contributed by atoms with Gasteiger partial charge in [0.2, 0.25) is 5.91 Å². The van der Waals surface area contributed by atoms with Crippen molar-refractivity contribution < 1.29 is 24.5 Å². The zero-order valence-electron chi connectivity index (χ0n) is 45.4. The number of aliphatic hydroxyl groups excluding tert-OH is 2. The SMILES string of the molecule is CCCCCCC/C=C\CCCCCCCC(=O)OCCCCCCCCCCCCCC(=O)NC(CO)C(O)CCCCCCCCCCCCCCCCCCCCCCCCCCC. The van der Waals surface area contributed by atoms with E-state index in [2.05, 4.69) is 31.3 Å². The lowest BCUT2D eigenvalue weighted by atomic mass is 10.0. The van der Waals surface area contributed by atoms with E-state index in [9.17, 15) is 19.8 Å². The Bertz CT molecular complexity index is 1000. The average Bonchev–Trinajstić information content (AvgIpc) is 3.33. The largest absolute Gasteiger partial charge is 0.466 e. The summed E-state index contributed by atoms with van der Waals surface area (Å²) >= 11 is 0. The van der Waals surface area contributed by atoms with Gasteiger partial charge in [0.15, 0.2) is 0 Å². The Morgan fingerprint density at radius 1 is 0.403 bits per heavy atom. The highest BCUT2D eigenvalue weighted by Crippen LogP contribution is 2.18. The number of carbonyl (C=O) groups is 2. The number of hydrogen-bond acceptors (Lipinski definition) is 5. The summed E-state index contributed by atoms with van der Waals surface area (Å²) < 4.78 is 5.46. The normalized spacial score (nSPS) is 12.6. The van der Waals surface area contributed by atoms with Crippen molar-refractivity contribution in [2.75, 3.05) is 13.2 Å². The molecule has 2 atom stereocenters. The summed E-state index contributed by atoms with van der Waals surface area (Å²) in [6.07, 6.45) is 67.8. The van der Waals surface area contributed by atoms with Crippen LogP contribution in [0.5, 0.6) is 0 Å². The van der Waals surface area contributed by atoms with E-state index in [4.69, 9.17) is 4.74 Å². The van der Waals surface area contributed by atoms with Crippen molar-refractivity contribution in [1.82, 2.24) is 5.32 Å². The lowest BCUT2D eigenvalue weighted by Gasteiger charge is -2.22. The molecular weight excluding hydrogens is 827 g/mol. The number of esters is 1. The predicted octanol–water partition coefficient (Wildman–Crippen LogP) is 18.9. The topological polar surface area (TPSA) is 95.9 Å². The summed E-state index contributed by atoms with van der Waals surface area (Å²) in [5.41, 5.74) is 0. The minimum Gasteiger partial charge on any atom is -0.466 e. The van der Waals surface area contributed by atoms with Gasteiger partial charge in [0.25, 0.3) is 0 Å². The molecule has 2 unspecified atom stereocenters. The maximum Gasteiger partial charge on any atom is 0.305 e. The molecule has 0 spiro atoms. The van der Waals surface area contributed by atoms with E-state index in [1.54, 1.807) is 0 Å². The molecule has 6 heteroatoms. The highest BCUT2D eigenvalue weighted by atomic mass is 16.5. The van der Waals surface area contributed by atoms with Gasteiger partial charge in [-0.1, -0.05) is 289 Å². The fourth-order valence-corrected chi connectivity index (χ4v) is 9.64. The summed E-state index contributed by atoms with van der Waals surface area (Å²) in [5, 5.41) is 23.4. The van der Waals surface area contributed by atoms with Crippen LogP contribution in [0.4, 0.5) is 0 Å². The van der Waals surface area contributed by atoms with Crippen molar-refractivity contribution >= 4 is 11.9 Å². The third kappa shape index (κ3) is 53.8. The first kappa shape index (κ1) is 65.6. The number of rotatable bonds is 57. The van der Waals surface area contributed by atoms with Gasteiger partial charge in [0.1, 0.15) is 0 Å². The number of nitrogens with one attached hydrogen (secondary N) is 1. The minimum atomic E-state index is -0.678. The minimum absolute atomic E-state index is 0.0207. The van der Waals surface area contributed by atoms with E-state index in [0.717, 1.165) is 57.8 Å². The van der Waals surface area contributed by atoms with Crippen molar-refractivity contribution in [2.24, 2.45) is 0 Å². The maximum absolute atomic E-state index is 12.5. The zero-order valence-corrected chi connectivity index (χ0v) is 45.4. The van der Waals surface area contributed by atoms with E-state index in [1.165, 1.54) is 250 Å². The first-order valence-corrected chi connectivity index (χ1v) is 30.4. The van der Waals surface area contributed by atoms with Crippen LogP contribution in [0.25, 0.3) is 0 Å². The second-order valence-electron chi connectivity index (χ2n) is 21.0. The van der Waals surface area contributed by atoms with Gasteiger partial charge >= 0.3 is 5.97 Å². The number of hydrogen-bond donors (Lipinski definition) is 3. The van der Waals surface area contributed by atoms with Crippen LogP contribution in [0.15, 0.2) is 12.2 Å². The van der Waals surface area contributed by atoms with Gasteiger partial charge in [0.05, 0.1) is 25.4 Å². The zero-order chi connectivity index (χ0) is 48.6. The molecule has 0 aromatic carbocycles. The Labute approximate surface area is 419 Å². The molecule has 3 N–H and O–H groups in total. The van der Waals surface area contributed by atoms with E-state index < -0.39 is 12.1 Å². The number of aliphatic hydroxyl groups is 2. The van der Waals surface area contributed by atoms with E-state index in [1.807, 2.05) is 0 Å². The Balaban J connectivity index is 3.45. The molecular formula is C61H119NO5. The van der Waals surface area contributed by atoms with Crippen LogP contribution in [-0.2, 0) is 14.3 Å². The molecule has 0 bridgehead atoms. The second kappa shape index (κ2) is 57.2. The van der Waals surface area contributed by atoms with E-state index in [-0.39, 0.29) is 18.5 Å². The van der Waals surface area contributed by atoms with Gasteiger partial charge in [0, 0.05) is 12.8 Å². The van der Waals surface area contributed by atoms with Gasteiger partial charge in [-0.25, -0.2) is 0 Å². The molecule has 67 heavy (non-hydrogen) atoms. The molecule has 0 saturated carbocycles. The van der Waals surface area contributed by atoms with Crippen LogP contribution in [0.2, 0.25) is 0 Å². The van der Waals surface area contributed by atoms with Crippen molar-refractivity contribution in [3.05, 3.63) is 12.2 Å². The second-order valence-corrected chi connectivity index (χ2v) is 21.0. The standard InChI is InChI=1S/C61H119NO5/c1-3-5-7-9-11-13-15-17-19-20-21-22-23-24-25-26-27-28-29-30-33-37-41-45-49-53-59(64)58(57-63)62-60(65)54-50-46-42-38-34-32-36-40-44-48-52-56-67-61(66)55-51-47-43-39-35-31-18-16-14-12-10-8-6-4-2/h16,18,58-59,63-64H,3-15,17,19-57H2,1-2H3,(H,62,65)/b18-16-. The summed E-state index contributed by atoms with van der Waals surface area (Å²) in [4.78, 5) is 24.6. The maximum atomic E-state index is 12.5. The average molecular weight is 947 g/mol. The number of amides is 1. The van der Waals surface area contributed by atoms with Crippen LogP contribution < -0.4 is 5.32 Å². The van der Waals surface area contributed by atoms with Gasteiger partial charge in [-0.3, -0.25) is 9.59 Å². The van der Waals surface area contributed by atoms with Crippen molar-refractivity contribution in [3.8, 4) is 0 Å². The predicted molar refractivity (Wildman–Crippen MR) is 292 cm³/mol. The number of carbonyl (C=O) groups excluding carboxylic acids is 2. The number of ether oxygens (including phenoxy) is 1. The number of allylic oxidation sites excluding steroid dienone is 2. The van der Waals surface area contributed by atoms with E-state index >= 15 is 0 Å². The molecule has 0 heterocycles. The fourth-order valence-electron chi connectivity index (χ4n) is 9.64. The molecule has 0 aliphatic carbocycles. The highest BCUT2D eigenvalue weighted by molar-refractivity contribution is 5.76. The van der Waals surface area contributed by atoms with E-state index in [0.29, 0.717) is 25.9 Å². The van der Waals surface area contributed by atoms with Crippen LogP contribution in [0.1, 0.15) is 341 Å². The Morgan fingerprint density at radius 2 is 0.701 bits per heavy atom. The van der Waals surface area contributed by atoms with Gasteiger partial charge in [-0.2, -0.15) is 0 Å². The molecule has 0 fully saturated rings. The molecule has 6 nitrogen and oxygen atoms in total. The van der Waals surface area contributed by atoms with Crippen LogP contribution >= 0.6 is 0 Å². The molecule has 0 aromatic heterocycles. The van der Waals surface area contributed by atoms with Crippen LogP contribution in [-0.4, -0.2) is 47.4 Å². The number of unbranched alkanes of at least 4 members (excludes halogenated alkanes) is 44. The van der Waals surface area contributed by atoms with Gasteiger partial charge < -0.3 is 20.3 Å². The van der Waals surface area contributed by atoms with Gasteiger partial charge in [-0.05, 0) is 51.4 Å². The molecule has 0 aromatic rings. The summed E-state index contributed by atoms with van der Waals surface area (Å²) in [6, 6.07) is -0.556. The van der Waals surface area contributed by atoms with Crippen LogP contribution in [0, 0.1) is 0 Å². The highest BCUT2D eigenvalue weighted by Gasteiger charge is 2.20. The Hall–Kier alpha value is -1.40. The van der Waals surface area contributed by atoms with Crippen molar-refractivity contribution in [3.63, 3.8) is 0 Å². The summed E-state index contributed by atoms with van der Waals surface area (Å²) in [5.74, 6) is -0.0708. The lowest BCUT2D eigenvalue weighted by Crippen LogP contribution is -2.45. The fraction of sp³-hybridized carbons (Fsp3) is 0.934. The molecule has 398 valence electrons. The van der Waals surface area contributed by atoms with Crippen molar-refractivity contribution in [2.45, 2.75) is 353 Å². The smallest absolute Gasteiger partial charge is 0.305 e. The summed E-state index contributed by atoms with van der Waals surface area (Å²) in [7, 11) is 0. The quantitative estimate of drug-likeness (QED) is 0.0321. The first-order valence-electron chi connectivity index (χ1n) is 30.4. The molecule has 0 radical (unpaired) electrons. The van der Waals surface area contributed by atoms with Crippen molar-refractivity contribution in [1.29, 1.82) is 0 Å². The lowest BCUT2D eigenvalue weighted by molar-refractivity contribution is -0.143. The molecule has 0 rings (SSSR count). The third-order valence-corrected chi connectivity index (χ3v) is 14.3. The molecule has 0 saturated heterocycles. The summed E-state index contributed by atoms with van der Waals surface area (Å²) in [6.45, 7) is 4.93. The monoisotopic (exact) mass is 946 g/mol. The molecule has 0 aliphatic heterocycles. The van der Waals surface area contributed by atoms with Gasteiger partial charge in [-0.15, -0.1) is 0 Å². The molecule has 0 aliphatic rings. The Morgan fingerprint density at radius 3 is 1.06 bits per heavy atom.